The highest BCUT2D eigenvalue weighted by molar-refractivity contribution is 5.66. The molecule has 0 bridgehead atoms. The third-order valence-electron chi connectivity index (χ3n) is 3.19. The Kier molecular flexibility index (Phi) is 7.22. The van der Waals surface area contributed by atoms with E-state index in [0.29, 0.717) is 35.7 Å². The van der Waals surface area contributed by atoms with Crippen LogP contribution in [0.25, 0.3) is 0 Å². The molecule has 1 rings (SSSR count). The Morgan fingerprint density at radius 2 is 1.90 bits per heavy atom. The lowest BCUT2D eigenvalue weighted by Crippen LogP contribution is -2.29. The first kappa shape index (κ1) is 17.5. The Balaban J connectivity index is 2.69. The maximum atomic E-state index is 6.09. The minimum Gasteiger partial charge on any atom is -0.476 e. The van der Waals surface area contributed by atoms with Gasteiger partial charge in [-0.1, -0.05) is 27.7 Å². The number of nitrogens with one attached hydrogen (secondary N) is 1. The third-order valence-corrected chi connectivity index (χ3v) is 3.19. The highest BCUT2D eigenvalue weighted by Gasteiger charge is 2.12. The van der Waals surface area contributed by atoms with E-state index in [1.165, 1.54) is 0 Å². The summed E-state index contributed by atoms with van der Waals surface area (Å²) >= 11 is 0. The number of rotatable bonds is 9. The number of likely N-dealkylation sites (N-methyl/N-ethyl adjacent to an activating group) is 1. The van der Waals surface area contributed by atoms with E-state index in [9.17, 15) is 0 Å². The summed E-state index contributed by atoms with van der Waals surface area (Å²) in [6.07, 6.45) is 0. The summed E-state index contributed by atoms with van der Waals surface area (Å²) < 4.78 is 5.66. The van der Waals surface area contributed by atoms with Gasteiger partial charge in [0.05, 0.1) is 6.61 Å². The zero-order chi connectivity index (χ0) is 15.8. The number of nitrogen functional groups attached to an aromatic ring is 1. The van der Waals surface area contributed by atoms with Crippen molar-refractivity contribution in [3.8, 4) is 5.88 Å². The van der Waals surface area contributed by atoms with Gasteiger partial charge in [0.1, 0.15) is 11.5 Å². The van der Waals surface area contributed by atoms with E-state index in [1.807, 2.05) is 6.92 Å². The smallest absolute Gasteiger partial charge is 0.242 e. The first-order valence-electron chi connectivity index (χ1n) is 7.71. The quantitative estimate of drug-likeness (QED) is 0.727. The summed E-state index contributed by atoms with van der Waals surface area (Å²) in [5.74, 6) is 2.22. The minimum atomic E-state index is 0.429. The Labute approximate surface area is 128 Å². The Morgan fingerprint density at radius 1 is 1.24 bits per heavy atom. The van der Waals surface area contributed by atoms with Crippen molar-refractivity contribution < 1.29 is 4.74 Å². The second-order valence-electron chi connectivity index (χ2n) is 5.50. The average Bonchev–Trinajstić information content (AvgIpc) is 2.45. The van der Waals surface area contributed by atoms with E-state index >= 15 is 0 Å². The molecule has 0 atom stereocenters. The van der Waals surface area contributed by atoms with Crippen molar-refractivity contribution in [2.75, 3.05) is 43.8 Å². The molecule has 3 N–H and O–H groups in total. The molecule has 0 unspecified atom stereocenters. The van der Waals surface area contributed by atoms with Gasteiger partial charge in [0, 0.05) is 13.1 Å². The fourth-order valence-electron chi connectivity index (χ4n) is 1.92. The zero-order valence-electron chi connectivity index (χ0n) is 13.9. The topological polar surface area (TPSA) is 76.3 Å². The lowest BCUT2D eigenvalue weighted by atomic mass is 10.2. The fraction of sp³-hybridized carbons (Fsp3) is 0.733. The molecule has 6 heteroatoms. The number of hydrogen-bond donors (Lipinski definition) is 2. The molecule has 6 nitrogen and oxygen atoms in total. The van der Waals surface area contributed by atoms with E-state index in [-0.39, 0.29) is 0 Å². The third kappa shape index (κ3) is 5.75. The van der Waals surface area contributed by atoms with Crippen molar-refractivity contribution in [1.82, 2.24) is 14.9 Å². The SMILES string of the molecule is CCN(CC)CCNc1nc(C)nc(OCC(C)C)c1N. The number of nitrogens with two attached hydrogens (primary N) is 1. The van der Waals surface area contributed by atoms with E-state index in [2.05, 4.69) is 47.9 Å². The number of aryl methyl sites for hydroxylation is 1. The summed E-state index contributed by atoms with van der Waals surface area (Å²) in [5, 5.41) is 3.28. The van der Waals surface area contributed by atoms with Crippen molar-refractivity contribution in [3.05, 3.63) is 5.82 Å². The van der Waals surface area contributed by atoms with Crippen molar-refractivity contribution in [2.24, 2.45) is 5.92 Å². The van der Waals surface area contributed by atoms with Crippen LogP contribution in [0.15, 0.2) is 0 Å². The van der Waals surface area contributed by atoms with Crippen LogP contribution >= 0.6 is 0 Å². The van der Waals surface area contributed by atoms with Crippen LogP contribution in [-0.2, 0) is 0 Å². The number of ether oxygens (including phenoxy) is 1. The summed E-state index contributed by atoms with van der Waals surface area (Å²) in [6.45, 7) is 14.8. The van der Waals surface area contributed by atoms with Gasteiger partial charge in [-0.15, -0.1) is 0 Å². The van der Waals surface area contributed by atoms with Crippen LogP contribution < -0.4 is 15.8 Å². The van der Waals surface area contributed by atoms with Crippen LogP contribution in [-0.4, -0.2) is 47.7 Å². The number of nitrogens with zero attached hydrogens (tertiary/aromatic N) is 3. The summed E-state index contributed by atoms with van der Waals surface area (Å²) in [5.41, 5.74) is 6.58. The summed E-state index contributed by atoms with van der Waals surface area (Å²) in [4.78, 5) is 11.0. The predicted molar refractivity (Wildman–Crippen MR) is 87.8 cm³/mol. The predicted octanol–water partition coefficient (Wildman–Crippen LogP) is 2.16. The molecule has 0 aliphatic carbocycles. The molecule has 0 spiro atoms. The van der Waals surface area contributed by atoms with Gasteiger partial charge in [-0.3, -0.25) is 0 Å². The van der Waals surface area contributed by atoms with Gasteiger partial charge in [-0.25, -0.2) is 4.98 Å². The molecule has 0 saturated carbocycles. The monoisotopic (exact) mass is 295 g/mol. The number of aromatic nitrogens is 2. The molecule has 0 saturated heterocycles. The molecule has 0 aliphatic heterocycles. The molecule has 0 amide bonds. The van der Waals surface area contributed by atoms with Crippen molar-refractivity contribution in [1.29, 1.82) is 0 Å². The number of hydrogen-bond acceptors (Lipinski definition) is 6. The molecule has 0 aromatic carbocycles. The van der Waals surface area contributed by atoms with Crippen molar-refractivity contribution in [3.63, 3.8) is 0 Å². The fourth-order valence-corrected chi connectivity index (χ4v) is 1.92. The highest BCUT2D eigenvalue weighted by Crippen LogP contribution is 2.26. The van der Waals surface area contributed by atoms with Gasteiger partial charge in [0.2, 0.25) is 5.88 Å². The van der Waals surface area contributed by atoms with Gasteiger partial charge < -0.3 is 20.7 Å². The van der Waals surface area contributed by atoms with Crippen LogP contribution in [0, 0.1) is 12.8 Å². The van der Waals surface area contributed by atoms with Crippen molar-refractivity contribution >= 4 is 11.5 Å². The molecule has 1 aromatic heterocycles. The summed E-state index contributed by atoms with van der Waals surface area (Å²) in [6, 6.07) is 0. The van der Waals surface area contributed by atoms with Crippen LogP contribution in [0.5, 0.6) is 5.88 Å². The molecule has 1 heterocycles. The highest BCUT2D eigenvalue weighted by atomic mass is 16.5. The second-order valence-corrected chi connectivity index (χ2v) is 5.50. The lowest BCUT2D eigenvalue weighted by molar-refractivity contribution is 0.262. The first-order chi connectivity index (χ1) is 9.97. The number of anilines is 2. The van der Waals surface area contributed by atoms with Gasteiger partial charge in [0.25, 0.3) is 0 Å². The molecule has 120 valence electrons. The molecular weight excluding hydrogens is 266 g/mol. The van der Waals surface area contributed by atoms with Crippen LogP contribution in [0.3, 0.4) is 0 Å². The van der Waals surface area contributed by atoms with Gasteiger partial charge in [0.15, 0.2) is 5.82 Å². The molecular formula is C15H29N5O. The molecule has 21 heavy (non-hydrogen) atoms. The molecule has 1 aromatic rings. The zero-order valence-corrected chi connectivity index (χ0v) is 13.9. The van der Waals surface area contributed by atoms with E-state index < -0.39 is 0 Å². The van der Waals surface area contributed by atoms with Crippen molar-refractivity contribution in [2.45, 2.75) is 34.6 Å². The van der Waals surface area contributed by atoms with E-state index in [1.54, 1.807) is 0 Å². The maximum absolute atomic E-state index is 6.09. The summed E-state index contributed by atoms with van der Waals surface area (Å²) in [7, 11) is 0. The Hall–Kier alpha value is -1.56. The second kappa shape index (κ2) is 8.67. The molecule has 0 aliphatic rings. The average molecular weight is 295 g/mol. The standard InChI is InChI=1S/C15H29N5O/c1-6-20(7-2)9-8-17-14-13(16)15(19-12(5)18-14)21-10-11(3)4/h11H,6-10,16H2,1-5H3,(H,17,18,19). The Morgan fingerprint density at radius 3 is 2.48 bits per heavy atom. The Bertz CT molecular complexity index is 432. The van der Waals surface area contributed by atoms with E-state index in [0.717, 1.165) is 26.2 Å². The molecule has 0 fully saturated rings. The van der Waals surface area contributed by atoms with Gasteiger partial charge >= 0.3 is 0 Å². The van der Waals surface area contributed by atoms with Crippen LogP contribution in [0.4, 0.5) is 11.5 Å². The normalized spacial score (nSPS) is 11.2. The van der Waals surface area contributed by atoms with E-state index in [4.69, 9.17) is 10.5 Å². The minimum absolute atomic E-state index is 0.429. The van der Waals surface area contributed by atoms with Crippen LogP contribution in [0.2, 0.25) is 0 Å². The van der Waals surface area contributed by atoms with Crippen LogP contribution in [0.1, 0.15) is 33.5 Å². The van der Waals surface area contributed by atoms with Gasteiger partial charge in [-0.2, -0.15) is 4.98 Å². The lowest BCUT2D eigenvalue weighted by Gasteiger charge is -2.19. The van der Waals surface area contributed by atoms with Gasteiger partial charge in [-0.05, 0) is 25.9 Å². The molecule has 0 radical (unpaired) electrons. The first-order valence-corrected chi connectivity index (χ1v) is 7.71. The largest absolute Gasteiger partial charge is 0.476 e. The maximum Gasteiger partial charge on any atom is 0.242 e.